The van der Waals surface area contributed by atoms with Crippen molar-refractivity contribution in [3.63, 3.8) is 0 Å². The standard InChI is InChI=1S/C8H11F3N2O4S/c1-12-18(14,15)7-3-2-6(17-7)4-13-16-5-8(9,10)11/h2-3,12-13H,4-5H2,1H3. The molecule has 6 nitrogen and oxygen atoms in total. The number of hydrogen-bond donors (Lipinski definition) is 2. The summed E-state index contributed by atoms with van der Waals surface area (Å²) in [7, 11) is -2.49. The molecule has 104 valence electrons. The van der Waals surface area contributed by atoms with E-state index in [9.17, 15) is 21.6 Å². The van der Waals surface area contributed by atoms with Crippen LogP contribution in [0, 0.1) is 0 Å². The first-order valence-electron chi connectivity index (χ1n) is 4.68. The SMILES string of the molecule is CNS(=O)(=O)c1ccc(CNOCC(F)(F)F)o1. The molecule has 10 heteroatoms. The highest BCUT2D eigenvalue weighted by atomic mass is 32.2. The maximum absolute atomic E-state index is 11.7. The van der Waals surface area contributed by atoms with Crippen LogP contribution in [0.2, 0.25) is 0 Å². The molecule has 0 unspecified atom stereocenters. The third kappa shape index (κ3) is 4.64. The lowest BCUT2D eigenvalue weighted by Crippen LogP contribution is -2.24. The first-order chi connectivity index (χ1) is 8.24. The van der Waals surface area contributed by atoms with Crippen LogP contribution >= 0.6 is 0 Å². The van der Waals surface area contributed by atoms with Gasteiger partial charge in [-0.1, -0.05) is 0 Å². The van der Waals surface area contributed by atoms with Gasteiger partial charge in [0.05, 0.1) is 6.54 Å². The molecule has 0 bridgehead atoms. The summed E-state index contributed by atoms with van der Waals surface area (Å²) in [6.07, 6.45) is -4.43. The fourth-order valence-corrected chi connectivity index (χ4v) is 1.62. The molecule has 0 saturated heterocycles. The summed E-state index contributed by atoms with van der Waals surface area (Å²) in [5.74, 6) is 0.131. The summed E-state index contributed by atoms with van der Waals surface area (Å²) >= 11 is 0. The summed E-state index contributed by atoms with van der Waals surface area (Å²) in [5.41, 5.74) is 2.01. The van der Waals surface area contributed by atoms with Gasteiger partial charge in [0.2, 0.25) is 5.09 Å². The molecule has 0 saturated carbocycles. The van der Waals surface area contributed by atoms with Crippen molar-refractivity contribution < 1.29 is 30.8 Å². The second kappa shape index (κ2) is 5.69. The summed E-state index contributed by atoms with van der Waals surface area (Å²) in [6, 6.07) is 2.50. The molecule has 0 aliphatic rings. The summed E-state index contributed by atoms with van der Waals surface area (Å²) in [4.78, 5) is 4.12. The van der Waals surface area contributed by atoms with Gasteiger partial charge in [-0.05, 0) is 19.2 Å². The lowest BCUT2D eigenvalue weighted by Gasteiger charge is -2.07. The van der Waals surface area contributed by atoms with Gasteiger partial charge in [-0.15, -0.1) is 0 Å². The van der Waals surface area contributed by atoms with E-state index >= 15 is 0 Å². The number of halogens is 3. The molecule has 0 amide bonds. The molecule has 0 aromatic carbocycles. The molecule has 18 heavy (non-hydrogen) atoms. The van der Waals surface area contributed by atoms with E-state index in [1.165, 1.54) is 19.2 Å². The topological polar surface area (TPSA) is 80.6 Å². The molecule has 1 heterocycles. The molecule has 0 radical (unpaired) electrons. The normalized spacial score (nSPS) is 12.9. The highest BCUT2D eigenvalue weighted by molar-refractivity contribution is 7.89. The fourth-order valence-electron chi connectivity index (χ4n) is 0.953. The third-order valence-electron chi connectivity index (χ3n) is 1.75. The minimum Gasteiger partial charge on any atom is -0.447 e. The van der Waals surface area contributed by atoms with Crippen molar-refractivity contribution in [2.45, 2.75) is 17.8 Å². The van der Waals surface area contributed by atoms with E-state index in [1.54, 1.807) is 0 Å². The number of sulfonamides is 1. The summed E-state index contributed by atoms with van der Waals surface area (Å²) in [6.45, 7) is -1.63. The Morgan fingerprint density at radius 1 is 1.39 bits per heavy atom. The van der Waals surface area contributed by atoms with Crippen LogP contribution in [0.1, 0.15) is 5.76 Å². The smallest absolute Gasteiger partial charge is 0.413 e. The van der Waals surface area contributed by atoms with Gasteiger partial charge in [0, 0.05) is 0 Å². The Kier molecular flexibility index (Phi) is 4.73. The Morgan fingerprint density at radius 3 is 2.61 bits per heavy atom. The van der Waals surface area contributed by atoms with E-state index < -0.39 is 22.8 Å². The molecule has 0 fully saturated rings. The summed E-state index contributed by atoms with van der Waals surface area (Å²) in [5, 5.41) is -0.322. The van der Waals surface area contributed by atoms with Crippen LogP contribution in [-0.4, -0.2) is 28.2 Å². The highest BCUT2D eigenvalue weighted by Crippen LogP contribution is 2.15. The number of rotatable bonds is 6. The zero-order chi connectivity index (χ0) is 13.8. The van der Waals surface area contributed by atoms with E-state index in [1.807, 2.05) is 10.2 Å². The van der Waals surface area contributed by atoms with Crippen LogP contribution in [0.5, 0.6) is 0 Å². The van der Waals surface area contributed by atoms with Gasteiger partial charge in [-0.3, -0.25) is 4.84 Å². The predicted octanol–water partition coefficient (Wildman–Crippen LogP) is 0.771. The monoisotopic (exact) mass is 288 g/mol. The minimum atomic E-state index is -4.43. The number of alkyl halides is 3. The summed E-state index contributed by atoms with van der Waals surface area (Å²) < 4.78 is 64.6. The lowest BCUT2D eigenvalue weighted by molar-refractivity contribution is -0.190. The highest BCUT2D eigenvalue weighted by Gasteiger charge is 2.27. The molecule has 0 aliphatic carbocycles. The van der Waals surface area contributed by atoms with Crippen molar-refractivity contribution in [1.82, 2.24) is 10.2 Å². The lowest BCUT2D eigenvalue weighted by atomic mass is 10.5. The molecule has 0 spiro atoms. The van der Waals surface area contributed by atoms with E-state index in [0.717, 1.165) is 0 Å². The molecule has 1 aromatic heterocycles. The van der Waals surface area contributed by atoms with Gasteiger partial charge in [0.15, 0.2) is 6.61 Å². The maximum atomic E-state index is 11.7. The maximum Gasteiger partial charge on any atom is 0.413 e. The van der Waals surface area contributed by atoms with Crippen LogP contribution in [0.3, 0.4) is 0 Å². The second-order valence-electron chi connectivity index (χ2n) is 3.15. The van der Waals surface area contributed by atoms with Crippen LogP contribution in [0.15, 0.2) is 21.6 Å². The zero-order valence-electron chi connectivity index (χ0n) is 9.24. The van der Waals surface area contributed by atoms with E-state index in [0.29, 0.717) is 0 Å². The number of hydroxylamine groups is 1. The van der Waals surface area contributed by atoms with Gasteiger partial charge >= 0.3 is 6.18 Å². The van der Waals surface area contributed by atoms with Crippen molar-refractivity contribution in [2.24, 2.45) is 0 Å². The molecule has 1 rings (SSSR count). The van der Waals surface area contributed by atoms with Crippen LogP contribution in [0.25, 0.3) is 0 Å². The zero-order valence-corrected chi connectivity index (χ0v) is 10.1. The van der Waals surface area contributed by atoms with Gasteiger partial charge < -0.3 is 4.42 Å². The quantitative estimate of drug-likeness (QED) is 0.597. The third-order valence-corrected chi connectivity index (χ3v) is 3.04. The van der Waals surface area contributed by atoms with Gasteiger partial charge in [-0.2, -0.15) is 18.7 Å². The van der Waals surface area contributed by atoms with Crippen LogP contribution in [0.4, 0.5) is 13.2 Å². The number of nitrogens with one attached hydrogen (secondary N) is 2. The van der Waals surface area contributed by atoms with Crippen molar-refractivity contribution >= 4 is 10.0 Å². The Balaban J connectivity index is 2.46. The first-order valence-corrected chi connectivity index (χ1v) is 6.16. The number of hydrogen-bond acceptors (Lipinski definition) is 5. The second-order valence-corrected chi connectivity index (χ2v) is 4.97. The van der Waals surface area contributed by atoms with Crippen LogP contribution < -0.4 is 10.2 Å². The van der Waals surface area contributed by atoms with Crippen molar-refractivity contribution in [1.29, 1.82) is 0 Å². The Bertz CT molecular complexity index is 483. The van der Waals surface area contributed by atoms with Crippen molar-refractivity contribution in [2.75, 3.05) is 13.7 Å². The molecule has 1 aromatic rings. The number of furan rings is 1. The van der Waals surface area contributed by atoms with E-state index in [4.69, 9.17) is 4.42 Å². The Hall–Kier alpha value is -1.10. The predicted molar refractivity (Wildman–Crippen MR) is 53.8 cm³/mol. The average molecular weight is 288 g/mol. The van der Waals surface area contributed by atoms with Crippen molar-refractivity contribution in [3.05, 3.63) is 17.9 Å². The average Bonchev–Trinajstić information content (AvgIpc) is 2.72. The van der Waals surface area contributed by atoms with Gasteiger partial charge in [0.25, 0.3) is 10.0 Å². The van der Waals surface area contributed by atoms with Gasteiger partial charge in [-0.25, -0.2) is 13.1 Å². The molecular weight excluding hydrogens is 277 g/mol. The Labute approximate surface area is 101 Å². The largest absolute Gasteiger partial charge is 0.447 e. The molecular formula is C8H11F3N2O4S. The molecule has 2 N–H and O–H groups in total. The van der Waals surface area contributed by atoms with E-state index in [2.05, 4.69) is 4.84 Å². The Morgan fingerprint density at radius 2 is 2.06 bits per heavy atom. The fraction of sp³-hybridized carbons (Fsp3) is 0.500. The van der Waals surface area contributed by atoms with Gasteiger partial charge in [0.1, 0.15) is 5.76 Å². The molecule has 0 aliphatic heterocycles. The molecule has 0 atom stereocenters. The van der Waals surface area contributed by atoms with E-state index in [-0.39, 0.29) is 17.4 Å². The first kappa shape index (κ1) is 15.0. The van der Waals surface area contributed by atoms with Crippen LogP contribution in [-0.2, 0) is 21.4 Å². The minimum absolute atomic E-state index is 0.131. The van der Waals surface area contributed by atoms with Crippen molar-refractivity contribution in [3.8, 4) is 0 Å².